The third-order valence-corrected chi connectivity index (χ3v) is 4.44. The van der Waals surface area contributed by atoms with E-state index in [1.54, 1.807) is 7.05 Å². The van der Waals surface area contributed by atoms with E-state index in [4.69, 9.17) is 11.6 Å². The number of carbonyl (C=O) groups is 1. The third-order valence-electron chi connectivity index (χ3n) is 4.19. The van der Waals surface area contributed by atoms with Crippen molar-refractivity contribution in [3.8, 4) is 0 Å². The predicted molar refractivity (Wildman–Crippen MR) is 93.6 cm³/mol. The molecule has 0 aromatic heterocycles. The van der Waals surface area contributed by atoms with E-state index in [-0.39, 0.29) is 5.91 Å². The Morgan fingerprint density at radius 3 is 2.04 bits per heavy atom. The number of hydrogen-bond donors (Lipinski definition) is 1. The highest BCUT2D eigenvalue weighted by Gasteiger charge is 2.28. The summed E-state index contributed by atoms with van der Waals surface area (Å²) in [6.07, 6.45) is 2.54. The van der Waals surface area contributed by atoms with Crippen molar-refractivity contribution in [1.82, 2.24) is 10.2 Å². The van der Waals surface area contributed by atoms with Crippen LogP contribution in [0.4, 0.5) is 0 Å². The Bertz CT molecular complexity index is 663. The molecule has 1 fully saturated rings. The molecule has 0 aliphatic heterocycles. The minimum atomic E-state index is -0.0447. The van der Waals surface area contributed by atoms with Gasteiger partial charge < -0.3 is 5.32 Å². The second-order valence-corrected chi connectivity index (χ2v) is 6.48. The van der Waals surface area contributed by atoms with E-state index in [0.29, 0.717) is 11.6 Å². The van der Waals surface area contributed by atoms with E-state index in [0.717, 1.165) is 18.1 Å². The third kappa shape index (κ3) is 4.34. The minimum Gasteiger partial charge on any atom is -0.355 e. The van der Waals surface area contributed by atoms with Crippen LogP contribution >= 0.6 is 11.6 Å². The van der Waals surface area contributed by atoms with E-state index in [2.05, 4.69) is 22.3 Å². The smallest absolute Gasteiger partial charge is 0.251 e. The molecule has 120 valence electrons. The maximum absolute atomic E-state index is 11.6. The molecule has 1 aliphatic carbocycles. The summed E-state index contributed by atoms with van der Waals surface area (Å²) < 4.78 is 0. The van der Waals surface area contributed by atoms with Crippen molar-refractivity contribution < 1.29 is 4.79 Å². The van der Waals surface area contributed by atoms with Gasteiger partial charge in [-0.05, 0) is 48.2 Å². The normalized spacial score (nSPS) is 14.0. The van der Waals surface area contributed by atoms with Gasteiger partial charge in [0.15, 0.2) is 0 Å². The number of nitrogens with one attached hydrogen (secondary N) is 1. The molecule has 0 saturated heterocycles. The van der Waals surface area contributed by atoms with E-state index in [1.807, 2.05) is 36.4 Å². The van der Waals surface area contributed by atoms with Crippen LogP contribution in [0.25, 0.3) is 0 Å². The van der Waals surface area contributed by atoms with E-state index >= 15 is 0 Å². The van der Waals surface area contributed by atoms with Crippen LogP contribution in [0.5, 0.6) is 0 Å². The van der Waals surface area contributed by atoms with Gasteiger partial charge in [0, 0.05) is 36.8 Å². The molecule has 0 unspecified atom stereocenters. The highest BCUT2D eigenvalue weighted by Crippen LogP contribution is 2.30. The molecule has 2 aromatic rings. The van der Waals surface area contributed by atoms with E-state index in [9.17, 15) is 4.79 Å². The number of rotatable bonds is 6. The molecule has 0 radical (unpaired) electrons. The van der Waals surface area contributed by atoms with Gasteiger partial charge >= 0.3 is 0 Å². The minimum absolute atomic E-state index is 0.0447. The van der Waals surface area contributed by atoms with Crippen LogP contribution in [0, 0.1) is 0 Å². The summed E-state index contributed by atoms with van der Waals surface area (Å²) in [5, 5.41) is 3.42. The molecule has 23 heavy (non-hydrogen) atoms. The van der Waals surface area contributed by atoms with Crippen LogP contribution < -0.4 is 5.32 Å². The molecule has 0 bridgehead atoms. The number of carbonyl (C=O) groups excluding carboxylic acids is 1. The Morgan fingerprint density at radius 2 is 1.57 bits per heavy atom. The van der Waals surface area contributed by atoms with Crippen LogP contribution in [-0.2, 0) is 13.1 Å². The quantitative estimate of drug-likeness (QED) is 0.873. The van der Waals surface area contributed by atoms with Gasteiger partial charge in [-0.1, -0.05) is 35.9 Å². The Kier molecular flexibility index (Phi) is 4.99. The van der Waals surface area contributed by atoms with Crippen LogP contribution in [-0.4, -0.2) is 23.9 Å². The first-order valence-corrected chi connectivity index (χ1v) is 8.33. The van der Waals surface area contributed by atoms with Crippen molar-refractivity contribution in [2.75, 3.05) is 7.05 Å². The van der Waals surface area contributed by atoms with Crippen LogP contribution in [0.1, 0.15) is 34.3 Å². The van der Waals surface area contributed by atoms with Gasteiger partial charge in [-0.25, -0.2) is 0 Å². The maximum Gasteiger partial charge on any atom is 0.251 e. The second-order valence-electron chi connectivity index (χ2n) is 6.04. The summed E-state index contributed by atoms with van der Waals surface area (Å²) in [5.41, 5.74) is 3.22. The first kappa shape index (κ1) is 16.0. The van der Waals surface area contributed by atoms with E-state index in [1.165, 1.54) is 24.0 Å². The standard InChI is InChI=1S/C19H21ClN2O/c1-21-19(23)16-6-2-14(3-7-16)12-22(18-10-11-18)13-15-4-8-17(20)9-5-15/h2-9,18H,10-13H2,1H3,(H,21,23). The summed E-state index contributed by atoms with van der Waals surface area (Å²) >= 11 is 5.96. The fourth-order valence-corrected chi connectivity index (χ4v) is 2.84. The Balaban J connectivity index is 1.67. The number of amides is 1. The van der Waals surface area contributed by atoms with Crippen molar-refractivity contribution in [2.45, 2.75) is 32.0 Å². The summed E-state index contributed by atoms with van der Waals surface area (Å²) in [6.45, 7) is 1.83. The van der Waals surface area contributed by atoms with Gasteiger partial charge in [0.1, 0.15) is 0 Å². The molecular weight excluding hydrogens is 308 g/mol. The van der Waals surface area contributed by atoms with Crippen molar-refractivity contribution >= 4 is 17.5 Å². The van der Waals surface area contributed by atoms with Crippen molar-refractivity contribution in [2.24, 2.45) is 0 Å². The summed E-state index contributed by atoms with van der Waals surface area (Å²) in [7, 11) is 1.65. The van der Waals surface area contributed by atoms with Gasteiger partial charge in [0.05, 0.1) is 0 Å². The molecule has 1 N–H and O–H groups in total. The zero-order valence-corrected chi connectivity index (χ0v) is 14.0. The molecule has 2 aromatic carbocycles. The molecule has 3 nitrogen and oxygen atoms in total. The predicted octanol–water partition coefficient (Wildman–Crippen LogP) is 3.86. The zero-order valence-electron chi connectivity index (χ0n) is 13.3. The highest BCUT2D eigenvalue weighted by molar-refractivity contribution is 6.30. The molecule has 3 rings (SSSR count). The average Bonchev–Trinajstić information content (AvgIpc) is 3.41. The van der Waals surface area contributed by atoms with Gasteiger partial charge in [0.25, 0.3) is 5.91 Å². The van der Waals surface area contributed by atoms with Crippen LogP contribution in [0.3, 0.4) is 0 Å². The SMILES string of the molecule is CNC(=O)c1ccc(CN(Cc2ccc(Cl)cc2)C2CC2)cc1. The number of nitrogens with zero attached hydrogens (tertiary/aromatic N) is 1. The van der Waals surface area contributed by atoms with E-state index < -0.39 is 0 Å². The maximum atomic E-state index is 11.6. The molecular formula is C19H21ClN2O. The second kappa shape index (κ2) is 7.16. The van der Waals surface area contributed by atoms with Crippen LogP contribution in [0.15, 0.2) is 48.5 Å². The van der Waals surface area contributed by atoms with Crippen molar-refractivity contribution in [1.29, 1.82) is 0 Å². The molecule has 0 atom stereocenters. The zero-order chi connectivity index (χ0) is 16.2. The fourth-order valence-electron chi connectivity index (χ4n) is 2.72. The lowest BCUT2D eigenvalue weighted by molar-refractivity contribution is 0.0963. The molecule has 1 amide bonds. The molecule has 1 saturated carbocycles. The van der Waals surface area contributed by atoms with Gasteiger partial charge in [-0.2, -0.15) is 0 Å². The fraction of sp³-hybridized carbons (Fsp3) is 0.316. The van der Waals surface area contributed by atoms with Crippen molar-refractivity contribution in [3.05, 3.63) is 70.2 Å². The Morgan fingerprint density at radius 1 is 1.04 bits per heavy atom. The molecule has 0 spiro atoms. The topological polar surface area (TPSA) is 32.3 Å². The summed E-state index contributed by atoms with van der Waals surface area (Å²) in [4.78, 5) is 14.1. The monoisotopic (exact) mass is 328 g/mol. The summed E-state index contributed by atoms with van der Waals surface area (Å²) in [6, 6.07) is 16.6. The summed E-state index contributed by atoms with van der Waals surface area (Å²) in [5.74, 6) is -0.0447. The number of benzene rings is 2. The largest absolute Gasteiger partial charge is 0.355 e. The Labute approximate surface area is 142 Å². The lowest BCUT2D eigenvalue weighted by Crippen LogP contribution is -2.25. The lowest BCUT2D eigenvalue weighted by Gasteiger charge is -2.22. The first-order valence-electron chi connectivity index (χ1n) is 7.95. The van der Waals surface area contributed by atoms with Crippen molar-refractivity contribution in [3.63, 3.8) is 0 Å². The Hall–Kier alpha value is -1.84. The molecule has 0 heterocycles. The van der Waals surface area contributed by atoms with Gasteiger partial charge in [-0.15, -0.1) is 0 Å². The average molecular weight is 329 g/mol. The number of halogens is 1. The molecule has 4 heteroatoms. The number of hydrogen-bond acceptors (Lipinski definition) is 2. The first-order chi connectivity index (χ1) is 11.2. The van der Waals surface area contributed by atoms with Gasteiger partial charge in [-0.3, -0.25) is 9.69 Å². The molecule has 1 aliphatic rings. The van der Waals surface area contributed by atoms with Gasteiger partial charge in [0.2, 0.25) is 0 Å². The lowest BCUT2D eigenvalue weighted by atomic mass is 10.1. The van der Waals surface area contributed by atoms with Crippen LogP contribution in [0.2, 0.25) is 5.02 Å². The highest BCUT2D eigenvalue weighted by atomic mass is 35.5.